The van der Waals surface area contributed by atoms with E-state index in [1.165, 1.54) is 77.2 Å². The number of hydrogen-bond donors (Lipinski definition) is 0. The Bertz CT molecular complexity index is 2430. The van der Waals surface area contributed by atoms with Crippen LogP contribution in [0.15, 0.2) is 144 Å². The zero-order chi connectivity index (χ0) is 35.0. The van der Waals surface area contributed by atoms with Crippen molar-refractivity contribution < 1.29 is 4.42 Å². The lowest BCUT2D eigenvalue weighted by atomic mass is 9.80. The van der Waals surface area contributed by atoms with E-state index >= 15 is 0 Å². The average molecular weight is 652 g/mol. The fourth-order valence-electron chi connectivity index (χ4n) is 7.38. The van der Waals surface area contributed by atoms with E-state index in [1.807, 2.05) is 36.7 Å². The zero-order valence-electron chi connectivity index (χ0n) is 30.2. The van der Waals surface area contributed by atoms with Crippen molar-refractivity contribution >= 4 is 32.7 Å². The second-order valence-corrected chi connectivity index (χ2v) is 14.4. The van der Waals surface area contributed by atoms with Crippen LogP contribution in [0.5, 0.6) is 0 Å². The van der Waals surface area contributed by atoms with Crippen molar-refractivity contribution in [2.45, 2.75) is 59.8 Å². The molecule has 0 N–H and O–H groups in total. The number of benzene rings is 6. The predicted octanol–water partition coefficient (Wildman–Crippen LogP) is 13.5. The van der Waals surface area contributed by atoms with Gasteiger partial charge in [-0.2, -0.15) is 0 Å². The maximum atomic E-state index is 5.84. The van der Waals surface area contributed by atoms with Crippen LogP contribution in [0.1, 0.15) is 67.0 Å². The van der Waals surface area contributed by atoms with Crippen molar-refractivity contribution in [1.82, 2.24) is 4.98 Å². The SMILES string of the molecule is CC(C)c1cccc2oc3ccccc3c12.Cc1ccc(C)cc1.Cc1ccc2c(c1)C(C)(C)c1cc(-c3cccnc3)c3ccccc3c1-2. The van der Waals surface area contributed by atoms with Gasteiger partial charge in [-0.25, -0.2) is 0 Å². The monoisotopic (exact) mass is 651 g/mol. The molecule has 50 heavy (non-hydrogen) atoms. The number of hydrogen-bond acceptors (Lipinski definition) is 2. The van der Waals surface area contributed by atoms with Crippen LogP contribution < -0.4 is 0 Å². The molecule has 1 aliphatic carbocycles. The van der Waals surface area contributed by atoms with Gasteiger partial charge in [0.15, 0.2) is 0 Å². The summed E-state index contributed by atoms with van der Waals surface area (Å²) in [7, 11) is 0. The van der Waals surface area contributed by atoms with Crippen LogP contribution in [0, 0.1) is 20.8 Å². The molecule has 2 aromatic heterocycles. The van der Waals surface area contributed by atoms with Crippen molar-refractivity contribution in [1.29, 1.82) is 0 Å². The van der Waals surface area contributed by atoms with Gasteiger partial charge >= 0.3 is 0 Å². The molecule has 9 rings (SSSR count). The molecule has 0 unspecified atom stereocenters. The summed E-state index contributed by atoms with van der Waals surface area (Å²) < 4.78 is 5.84. The molecule has 0 aliphatic heterocycles. The number of furan rings is 1. The van der Waals surface area contributed by atoms with E-state index in [4.69, 9.17) is 4.42 Å². The van der Waals surface area contributed by atoms with E-state index in [2.05, 4.69) is 157 Å². The largest absolute Gasteiger partial charge is 0.456 e. The maximum Gasteiger partial charge on any atom is 0.135 e. The summed E-state index contributed by atoms with van der Waals surface area (Å²) in [5, 5.41) is 5.12. The Morgan fingerprint density at radius 3 is 1.88 bits per heavy atom. The smallest absolute Gasteiger partial charge is 0.135 e. The number of fused-ring (bicyclic) bond motifs is 8. The Balaban J connectivity index is 0.000000138. The van der Waals surface area contributed by atoms with Crippen LogP contribution in [0.4, 0.5) is 0 Å². The first-order chi connectivity index (χ1) is 24.1. The van der Waals surface area contributed by atoms with Crippen molar-refractivity contribution in [2.24, 2.45) is 0 Å². The summed E-state index contributed by atoms with van der Waals surface area (Å²) in [5.74, 6) is 0.518. The Labute approximate surface area is 296 Å². The highest BCUT2D eigenvalue weighted by Crippen LogP contribution is 2.53. The van der Waals surface area contributed by atoms with Gasteiger partial charge in [-0.05, 0) is 95.1 Å². The zero-order valence-corrected chi connectivity index (χ0v) is 30.2. The highest BCUT2D eigenvalue weighted by atomic mass is 16.3. The van der Waals surface area contributed by atoms with Gasteiger partial charge in [0, 0.05) is 34.1 Å². The summed E-state index contributed by atoms with van der Waals surface area (Å²) in [5.41, 5.74) is 15.4. The molecule has 2 heterocycles. The number of aromatic nitrogens is 1. The molecular weight excluding hydrogens is 607 g/mol. The first-order valence-electron chi connectivity index (χ1n) is 17.6. The molecule has 0 saturated heterocycles. The quantitative estimate of drug-likeness (QED) is 0.186. The molecule has 0 spiro atoms. The molecule has 0 fully saturated rings. The Hall–Kier alpha value is -5.47. The maximum absolute atomic E-state index is 5.84. The number of nitrogens with zero attached hydrogens (tertiary/aromatic N) is 1. The summed E-state index contributed by atoms with van der Waals surface area (Å²) >= 11 is 0. The number of rotatable bonds is 2. The lowest BCUT2D eigenvalue weighted by Gasteiger charge is -2.23. The highest BCUT2D eigenvalue weighted by molar-refractivity contribution is 6.09. The molecule has 6 aromatic carbocycles. The van der Waals surface area contributed by atoms with E-state index in [9.17, 15) is 0 Å². The van der Waals surface area contributed by atoms with Crippen LogP contribution in [0.3, 0.4) is 0 Å². The Kier molecular flexibility index (Phi) is 8.89. The highest BCUT2D eigenvalue weighted by Gasteiger charge is 2.37. The topological polar surface area (TPSA) is 26.0 Å². The molecule has 2 nitrogen and oxygen atoms in total. The molecule has 0 amide bonds. The standard InChI is InChI=1S/C25H21N.C15H14O.C8H10/c1-16-10-11-20-22(13-16)25(2,3)23-14-21(17-7-6-12-26-15-17)18-8-4-5-9-19(18)24(20)23;1-10(2)11-7-5-9-14-15(11)12-6-3-4-8-13(12)16-14;1-7-3-5-8(2)6-4-7/h4-15H,1-3H3;3-10H,1-2H3;3-6H,1-2H3. The van der Waals surface area contributed by atoms with Crippen LogP contribution >= 0.6 is 0 Å². The van der Waals surface area contributed by atoms with Gasteiger partial charge in [0.05, 0.1) is 0 Å². The van der Waals surface area contributed by atoms with Gasteiger partial charge in [0.2, 0.25) is 0 Å². The number of pyridine rings is 1. The molecule has 8 aromatic rings. The minimum Gasteiger partial charge on any atom is -0.456 e. The third-order valence-corrected chi connectivity index (χ3v) is 10.1. The van der Waals surface area contributed by atoms with E-state index < -0.39 is 0 Å². The van der Waals surface area contributed by atoms with E-state index in [1.54, 1.807) is 0 Å². The lowest BCUT2D eigenvalue weighted by Crippen LogP contribution is -2.15. The first kappa shape index (κ1) is 33.0. The first-order valence-corrected chi connectivity index (χ1v) is 17.6. The average Bonchev–Trinajstić information content (AvgIpc) is 3.62. The van der Waals surface area contributed by atoms with E-state index in [0.29, 0.717) is 5.92 Å². The minimum absolute atomic E-state index is 0.00230. The van der Waals surface area contributed by atoms with E-state index in [0.717, 1.165) is 11.2 Å². The second-order valence-electron chi connectivity index (χ2n) is 14.4. The molecule has 2 heteroatoms. The van der Waals surface area contributed by atoms with Gasteiger partial charge < -0.3 is 4.42 Å². The molecule has 0 radical (unpaired) electrons. The van der Waals surface area contributed by atoms with Crippen molar-refractivity contribution in [2.75, 3.05) is 0 Å². The van der Waals surface area contributed by atoms with Crippen LogP contribution in [-0.2, 0) is 5.41 Å². The van der Waals surface area contributed by atoms with Crippen LogP contribution in [-0.4, -0.2) is 4.98 Å². The minimum atomic E-state index is -0.00230. The molecule has 0 atom stereocenters. The Morgan fingerprint density at radius 1 is 0.560 bits per heavy atom. The van der Waals surface area contributed by atoms with Gasteiger partial charge in [-0.3, -0.25) is 4.98 Å². The molecule has 0 saturated carbocycles. The summed E-state index contributed by atoms with van der Waals surface area (Å²) in [4.78, 5) is 4.35. The Morgan fingerprint density at radius 2 is 1.20 bits per heavy atom. The van der Waals surface area contributed by atoms with E-state index in [-0.39, 0.29) is 5.41 Å². The predicted molar refractivity (Wildman–Crippen MR) is 213 cm³/mol. The third-order valence-electron chi connectivity index (χ3n) is 10.1. The summed E-state index contributed by atoms with van der Waals surface area (Å²) in [6.07, 6.45) is 3.80. The third kappa shape index (κ3) is 6.11. The van der Waals surface area contributed by atoms with Crippen molar-refractivity contribution in [3.8, 4) is 22.3 Å². The number of aryl methyl sites for hydroxylation is 3. The fourth-order valence-corrected chi connectivity index (χ4v) is 7.38. The van der Waals surface area contributed by atoms with Gasteiger partial charge in [0.25, 0.3) is 0 Å². The van der Waals surface area contributed by atoms with Crippen molar-refractivity contribution in [3.05, 3.63) is 173 Å². The lowest BCUT2D eigenvalue weighted by molar-refractivity contribution is 0.660. The molecule has 248 valence electrons. The summed E-state index contributed by atoms with van der Waals surface area (Å²) in [6.45, 7) is 15.5. The van der Waals surface area contributed by atoms with Crippen LogP contribution in [0.25, 0.3) is 55.0 Å². The van der Waals surface area contributed by atoms with Crippen molar-refractivity contribution in [3.63, 3.8) is 0 Å². The van der Waals surface area contributed by atoms with Gasteiger partial charge in [0.1, 0.15) is 11.2 Å². The molecule has 0 bridgehead atoms. The normalized spacial score (nSPS) is 12.6. The van der Waals surface area contributed by atoms with Crippen LogP contribution in [0.2, 0.25) is 0 Å². The van der Waals surface area contributed by atoms with Gasteiger partial charge in [-0.1, -0.05) is 148 Å². The number of para-hydroxylation sites is 1. The second kappa shape index (κ2) is 13.4. The fraction of sp³-hybridized carbons (Fsp3) is 0.188. The molecule has 1 aliphatic rings. The molecular formula is C48H45NO. The van der Waals surface area contributed by atoms with Gasteiger partial charge in [-0.15, -0.1) is 0 Å². The summed E-state index contributed by atoms with van der Waals surface area (Å²) in [6, 6.07) is 45.2.